The van der Waals surface area contributed by atoms with Crippen molar-refractivity contribution in [1.82, 2.24) is 9.25 Å². The fourth-order valence-corrected chi connectivity index (χ4v) is 2.85. The molecule has 0 aliphatic carbocycles. The molecule has 1 rings (SSSR count). The molecule has 0 aliphatic heterocycles. The Labute approximate surface area is 127 Å². The lowest BCUT2D eigenvalue weighted by molar-refractivity contribution is -0.114. The topological polar surface area (TPSA) is 105 Å². The van der Waals surface area contributed by atoms with E-state index in [1.54, 1.807) is 0 Å². The van der Waals surface area contributed by atoms with Crippen LogP contribution in [0.1, 0.15) is 6.92 Å². The third-order valence-corrected chi connectivity index (χ3v) is 4.75. The number of carbonyl (C=O) groups is 2. The van der Waals surface area contributed by atoms with Gasteiger partial charge in [-0.3, -0.25) is 4.79 Å². The molecule has 8 nitrogen and oxygen atoms in total. The molecule has 0 atom stereocenters. The largest absolute Gasteiger partial charge is 0.460 e. The number of hydrazine groups is 1. The Kier molecular flexibility index (Phi) is 6.15. The van der Waals surface area contributed by atoms with E-state index in [-0.39, 0.29) is 10.8 Å². The molecule has 0 saturated carbocycles. The molecule has 0 spiro atoms. The van der Waals surface area contributed by atoms with Gasteiger partial charge in [-0.15, -0.1) is 4.41 Å². The molecule has 0 heterocycles. The summed E-state index contributed by atoms with van der Waals surface area (Å²) in [6, 6.07) is 5.63. The zero-order chi connectivity index (χ0) is 16.0. The summed E-state index contributed by atoms with van der Waals surface area (Å²) in [7, 11) is -1.36. The Hall–Kier alpha value is -1.62. The van der Waals surface area contributed by atoms with Crippen LogP contribution in [0.25, 0.3) is 0 Å². The summed E-state index contributed by atoms with van der Waals surface area (Å²) in [5.41, 5.74) is 0.487. The molecule has 0 bridgehead atoms. The minimum Gasteiger partial charge on any atom is -0.460 e. The predicted molar refractivity (Wildman–Crippen MR) is 78.8 cm³/mol. The molecule has 0 aliphatic rings. The molecule has 0 aromatic heterocycles. The summed E-state index contributed by atoms with van der Waals surface area (Å²) in [5, 5.41) is 1.86. The molecular weight excluding hydrogens is 318 g/mol. The van der Waals surface area contributed by atoms with Crippen molar-refractivity contribution in [2.24, 2.45) is 0 Å². The molecule has 0 fully saturated rings. The maximum absolute atomic E-state index is 12.2. The van der Waals surface area contributed by atoms with Crippen LogP contribution in [-0.4, -0.2) is 38.2 Å². The van der Waals surface area contributed by atoms with Crippen molar-refractivity contribution >= 4 is 38.9 Å². The van der Waals surface area contributed by atoms with Crippen molar-refractivity contribution in [3.8, 4) is 0 Å². The molecule has 0 saturated heterocycles. The highest BCUT2D eigenvalue weighted by Crippen LogP contribution is 2.17. The Morgan fingerprint density at radius 3 is 2.29 bits per heavy atom. The van der Waals surface area contributed by atoms with E-state index in [2.05, 4.69) is 14.9 Å². The maximum atomic E-state index is 12.2. The molecular formula is C11H15N3O5S2. The van der Waals surface area contributed by atoms with Gasteiger partial charge in [-0.1, -0.05) is 0 Å². The van der Waals surface area contributed by atoms with Crippen molar-refractivity contribution in [1.29, 1.82) is 0 Å². The number of sulfonamides is 1. The fourth-order valence-electron chi connectivity index (χ4n) is 1.26. The van der Waals surface area contributed by atoms with E-state index in [1.165, 1.54) is 45.3 Å². The number of hydrogen-bond acceptors (Lipinski definition) is 7. The average molecular weight is 333 g/mol. The van der Waals surface area contributed by atoms with Crippen LogP contribution in [0.15, 0.2) is 29.2 Å². The van der Waals surface area contributed by atoms with Gasteiger partial charge in [-0.05, 0) is 24.3 Å². The highest BCUT2D eigenvalue weighted by molar-refractivity contribution is 8.11. The molecule has 1 amide bonds. The first-order valence-corrected chi connectivity index (χ1v) is 7.90. The van der Waals surface area contributed by atoms with Gasteiger partial charge in [0, 0.05) is 19.7 Å². The summed E-state index contributed by atoms with van der Waals surface area (Å²) in [6.45, 7) is 1.35. The lowest BCUT2D eigenvalue weighted by Gasteiger charge is -2.16. The van der Waals surface area contributed by atoms with Gasteiger partial charge in [0.25, 0.3) is 10.0 Å². The van der Waals surface area contributed by atoms with E-state index in [4.69, 9.17) is 0 Å². The van der Waals surface area contributed by atoms with Crippen LogP contribution in [0, 0.1) is 0 Å². The van der Waals surface area contributed by atoms with E-state index in [0.717, 1.165) is 4.41 Å². The summed E-state index contributed by atoms with van der Waals surface area (Å²) < 4.78 is 29.5. The smallest absolute Gasteiger partial charge is 0.383 e. The minimum atomic E-state index is -3.81. The molecule has 0 unspecified atom stereocenters. The predicted octanol–water partition coefficient (Wildman–Crippen LogP) is 1.18. The number of nitrogens with zero attached hydrogens (tertiary/aromatic N) is 1. The zero-order valence-electron chi connectivity index (χ0n) is 11.6. The highest BCUT2D eigenvalue weighted by atomic mass is 32.2. The zero-order valence-corrected chi connectivity index (χ0v) is 13.2. The van der Waals surface area contributed by atoms with Crippen molar-refractivity contribution in [2.45, 2.75) is 11.8 Å². The summed E-state index contributed by atoms with van der Waals surface area (Å²) in [6.07, 6.45) is 0. The first-order valence-electron chi connectivity index (χ1n) is 5.64. The van der Waals surface area contributed by atoms with E-state index in [0.29, 0.717) is 17.6 Å². The van der Waals surface area contributed by atoms with Crippen LogP contribution in [-0.2, 0) is 19.6 Å². The van der Waals surface area contributed by atoms with Crippen molar-refractivity contribution in [2.75, 3.05) is 19.5 Å². The second-order valence-electron chi connectivity index (χ2n) is 3.83. The van der Waals surface area contributed by atoms with Crippen LogP contribution < -0.4 is 10.1 Å². The van der Waals surface area contributed by atoms with Gasteiger partial charge in [-0.2, -0.15) is 4.83 Å². The second-order valence-corrected chi connectivity index (χ2v) is 6.51. The number of anilines is 1. The first kappa shape index (κ1) is 17.4. The fraction of sp³-hybridized carbons (Fsp3) is 0.273. The van der Waals surface area contributed by atoms with Gasteiger partial charge in [0.2, 0.25) is 5.91 Å². The number of nitrogens with one attached hydrogen (secondary N) is 2. The third-order valence-electron chi connectivity index (χ3n) is 2.26. The number of ether oxygens (including phenoxy) is 1. The Morgan fingerprint density at radius 2 is 1.81 bits per heavy atom. The van der Waals surface area contributed by atoms with Crippen molar-refractivity contribution in [3.63, 3.8) is 0 Å². The lowest BCUT2D eigenvalue weighted by Crippen LogP contribution is -2.36. The van der Waals surface area contributed by atoms with Crippen LogP contribution in [0.3, 0.4) is 0 Å². The summed E-state index contributed by atoms with van der Waals surface area (Å²) in [5.74, 6) is -0.251. The quantitative estimate of drug-likeness (QED) is 0.473. The van der Waals surface area contributed by atoms with E-state index in [1.807, 2.05) is 0 Å². The standard InChI is InChI=1S/C11H15N3O5S2/c1-8(15)12-9-4-6-10(7-5-9)21(17,18)14(2)13-20-11(16)19-3/h4-7,13H,1-3H3,(H,12,15). The first-order chi connectivity index (χ1) is 9.77. The SMILES string of the molecule is COC(=O)SNN(C)S(=O)(=O)c1ccc(NC(C)=O)cc1. The number of benzene rings is 1. The number of amides is 1. The normalized spacial score (nSPS) is 11.2. The lowest BCUT2D eigenvalue weighted by atomic mass is 10.3. The van der Waals surface area contributed by atoms with E-state index >= 15 is 0 Å². The average Bonchev–Trinajstić information content (AvgIpc) is 2.44. The second kappa shape index (κ2) is 7.41. The summed E-state index contributed by atoms with van der Waals surface area (Å²) >= 11 is 0.496. The van der Waals surface area contributed by atoms with Gasteiger partial charge in [0.15, 0.2) is 0 Å². The van der Waals surface area contributed by atoms with Crippen LogP contribution in [0.2, 0.25) is 0 Å². The minimum absolute atomic E-state index is 0.0112. The monoisotopic (exact) mass is 333 g/mol. The van der Waals surface area contributed by atoms with Gasteiger partial charge in [-0.25, -0.2) is 13.2 Å². The van der Waals surface area contributed by atoms with Gasteiger partial charge < -0.3 is 10.1 Å². The van der Waals surface area contributed by atoms with Gasteiger partial charge in [0.05, 0.1) is 24.0 Å². The molecule has 1 aromatic rings. The maximum Gasteiger partial charge on any atom is 0.383 e. The van der Waals surface area contributed by atoms with Gasteiger partial charge >= 0.3 is 5.30 Å². The van der Waals surface area contributed by atoms with E-state index < -0.39 is 15.3 Å². The van der Waals surface area contributed by atoms with E-state index in [9.17, 15) is 18.0 Å². The third kappa shape index (κ3) is 5.01. The summed E-state index contributed by atoms with van der Waals surface area (Å²) in [4.78, 5) is 24.2. The number of rotatable bonds is 5. The van der Waals surface area contributed by atoms with Crippen LogP contribution in [0.4, 0.5) is 10.5 Å². The number of carbonyl (C=O) groups excluding carboxylic acids is 2. The van der Waals surface area contributed by atoms with Crippen molar-refractivity contribution in [3.05, 3.63) is 24.3 Å². The molecule has 0 radical (unpaired) electrons. The van der Waals surface area contributed by atoms with Crippen molar-refractivity contribution < 1.29 is 22.7 Å². The molecule has 1 aromatic carbocycles. The Morgan fingerprint density at radius 1 is 1.24 bits per heavy atom. The Bertz CT molecular complexity index is 615. The van der Waals surface area contributed by atoms with Crippen LogP contribution in [0.5, 0.6) is 0 Å². The molecule has 2 N–H and O–H groups in total. The van der Waals surface area contributed by atoms with Crippen LogP contribution >= 0.6 is 11.9 Å². The number of hydrogen-bond donors (Lipinski definition) is 2. The molecule has 116 valence electrons. The number of methoxy groups -OCH3 is 1. The highest BCUT2D eigenvalue weighted by Gasteiger charge is 2.21. The van der Waals surface area contributed by atoms with Gasteiger partial charge in [0.1, 0.15) is 0 Å². The Balaban J connectivity index is 2.82. The molecule has 21 heavy (non-hydrogen) atoms. The molecule has 10 heteroatoms.